The second-order valence-corrected chi connectivity index (χ2v) is 5.74. The fourth-order valence-electron chi connectivity index (χ4n) is 2.54. The second kappa shape index (κ2) is 7.83. The van der Waals surface area contributed by atoms with E-state index in [1.54, 1.807) is 12.3 Å². The smallest absolute Gasteiger partial charge is 0.270 e. The number of aromatic nitrogens is 3. The van der Waals surface area contributed by atoms with E-state index in [1.165, 1.54) is 0 Å². The van der Waals surface area contributed by atoms with Gasteiger partial charge in [0.25, 0.3) is 5.91 Å². The molecule has 3 heterocycles. The molecule has 3 rings (SSSR count). The number of aryl methyl sites for hydroxylation is 1. The summed E-state index contributed by atoms with van der Waals surface area (Å²) in [7, 11) is 0. The van der Waals surface area contributed by atoms with Crippen LogP contribution in [0.2, 0.25) is 0 Å². The van der Waals surface area contributed by atoms with Crippen LogP contribution in [-0.4, -0.2) is 40.1 Å². The van der Waals surface area contributed by atoms with Crippen molar-refractivity contribution in [2.75, 3.05) is 18.5 Å². The van der Waals surface area contributed by atoms with Crippen molar-refractivity contribution < 1.29 is 9.53 Å². The number of carbonyl (C=O) groups is 1. The van der Waals surface area contributed by atoms with Gasteiger partial charge in [-0.15, -0.1) is 0 Å². The van der Waals surface area contributed by atoms with Gasteiger partial charge in [-0.2, -0.15) is 0 Å². The summed E-state index contributed by atoms with van der Waals surface area (Å²) in [5, 5.41) is 5.98. The fraction of sp³-hybridized carbons (Fsp3) is 0.412. The van der Waals surface area contributed by atoms with E-state index in [-0.39, 0.29) is 12.0 Å². The van der Waals surface area contributed by atoms with Crippen LogP contribution in [0.3, 0.4) is 0 Å². The Hall–Kier alpha value is -2.54. The average Bonchev–Trinajstić information content (AvgIpc) is 3.12. The molecule has 1 atom stereocenters. The number of nitrogens with zero attached hydrogens (tertiary/aromatic N) is 3. The molecule has 7 heteroatoms. The van der Waals surface area contributed by atoms with Crippen molar-refractivity contribution in [1.29, 1.82) is 0 Å². The topological polar surface area (TPSA) is 89.0 Å². The summed E-state index contributed by atoms with van der Waals surface area (Å²) in [5.74, 6) is 0.208. The van der Waals surface area contributed by atoms with Gasteiger partial charge in [-0.1, -0.05) is 6.07 Å². The Morgan fingerprint density at radius 1 is 1.38 bits per heavy atom. The van der Waals surface area contributed by atoms with E-state index in [1.807, 2.05) is 25.1 Å². The number of nitrogens with one attached hydrogen (secondary N) is 2. The number of anilines is 1. The zero-order valence-electron chi connectivity index (χ0n) is 13.7. The van der Waals surface area contributed by atoms with Gasteiger partial charge >= 0.3 is 0 Å². The molecule has 1 unspecified atom stereocenters. The first-order valence-corrected chi connectivity index (χ1v) is 8.10. The van der Waals surface area contributed by atoms with Crippen molar-refractivity contribution in [1.82, 2.24) is 20.3 Å². The molecule has 0 radical (unpaired) electrons. The lowest BCUT2D eigenvalue weighted by Gasteiger charge is -2.12. The van der Waals surface area contributed by atoms with Gasteiger partial charge in [0.05, 0.1) is 18.3 Å². The van der Waals surface area contributed by atoms with E-state index in [0.717, 1.165) is 30.8 Å². The fourth-order valence-corrected chi connectivity index (χ4v) is 2.54. The largest absolute Gasteiger partial charge is 0.376 e. The summed E-state index contributed by atoms with van der Waals surface area (Å²) in [5.41, 5.74) is 1.88. The molecule has 1 amide bonds. The van der Waals surface area contributed by atoms with Crippen LogP contribution < -0.4 is 10.6 Å². The van der Waals surface area contributed by atoms with Crippen molar-refractivity contribution in [2.24, 2.45) is 0 Å². The normalized spacial score (nSPS) is 16.8. The van der Waals surface area contributed by atoms with Crippen molar-refractivity contribution in [3.8, 4) is 0 Å². The van der Waals surface area contributed by atoms with E-state index in [4.69, 9.17) is 4.74 Å². The Morgan fingerprint density at radius 2 is 2.29 bits per heavy atom. The van der Waals surface area contributed by atoms with Gasteiger partial charge < -0.3 is 15.4 Å². The molecule has 2 aromatic rings. The van der Waals surface area contributed by atoms with Crippen LogP contribution in [0.4, 0.5) is 5.95 Å². The third-order valence-corrected chi connectivity index (χ3v) is 3.75. The minimum Gasteiger partial charge on any atom is -0.376 e. The van der Waals surface area contributed by atoms with E-state index < -0.39 is 0 Å². The molecular weight excluding hydrogens is 306 g/mol. The molecule has 0 spiro atoms. The van der Waals surface area contributed by atoms with E-state index in [9.17, 15) is 4.79 Å². The number of ether oxygens (including phenoxy) is 1. The molecule has 126 valence electrons. The zero-order valence-corrected chi connectivity index (χ0v) is 13.7. The lowest BCUT2D eigenvalue weighted by Crippen LogP contribution is -2.25. The first-order chi connectivity index (χ1) is 11.7. The first kappa shape index (κ1) is 16.3. The van der Waals surface area contributed by atoms with Crippen molar-refractivity contribution in [3.63, 3.8) is 0 Å². The maximum absolute atomic E-state index is 12.3. The minimum absolute atomic E-state index is 0.190. The molecule has 1 aliphatic rings. The SMILES string of the molecule is Cc1cc(C(=O)NCc2ccccn2)nc(NCC2CCCO2)n1. The Morgan fingerprint density at radius 3 is 3.04 bits per heavy atom. The van der Waals surface area contributed by atoms with Crippen LogP contribution in [0.1, 0.15) is 34.7 Å². The Kier molecular flexibility index (Phi) is 5.32. The van der Waals surface area contributed by atoms with Crippen LogP contribution in [0.15, 0.2) is 30.5 Å². The molecule has 1 fully saturated rings. The summed E-state index contributed by atoms with van der Waals surface area (Å²) in [6, 6.07) is 7.26. The highest BCUT2D eigenvalue weighted by Crippen LogP contribution is 2.13. The standard InChI is InChI=1S/C17H21N5O2/c1-12-9-15(16(23)19-10-13-5-2-3-7-18-13)22-17(21-12)20-11-14-6-4-8-24-14/h2-3,5,7,9,14H,4,6,8,10-11H2,1H3,(H,19,23)(H,20,21,22). The quantitative estimate of drug-likeness (QED) is 0.839. The molecule has 1 saturated heterocycles. The first-order valence-electron chi connectivity index (χ1n) is 8.10. The molecule has 0 aliphatic carbocycles. The molecule has 0 bridgehead atoms. The average molecular weight is 327 g/mol. The van der Waals surface area contributed by atoms with E-state index >= 15 is 0 Å². The maximum atomic E-state index is 12.3. The number of amides is 1. The van der Waals surface area contributed by atoms with Gasteiger partial charge in [0.2, 0.25) is 5.95 Å². The number of carbonyl (C=O) groups excluding carboxylic acids is 1. The third-order valence-electron chi connectivity index (χ3n) is 3.75. The lowest BCUT2D eigenvalue weighted by molar-refractivity contribution is 0.0945. The van der Waals surface area contributed by atoms with Crippen LogP contribution >= 0.6 is 0 Å². The zero-order chi connectivity index (χ0) is 16.8. The third kappa shape index (κ3) is 4.48. The molecule has 24 heavy (non-hydrogen) atoms. The van der Waals surface area contributed by atoms with Gasteiger partial charge in [0.15, 0.2) is 0 Å². The molecule has 2 N–H and O–H groups in total. The number of hydrogen-bond acceptors (Lipinski definition) is 6. The Labute approximate surface area is 140 Å². The van der Waals surface area contributed by atoms with Gasteiger partial charge in [-0.25, -0.2) is 9.97 Å². The minimum atomic E-state index is -0.244. The molecule has 2 aromatic heterocycles. The van der Waals surface area contributed by atoms with Gasteiger partial charge in [-0.3, -0.25) is 9.78 Å². The van der Waals surface area contributed by atoms with Crippen LogP contribution in [0.5, 0.6) is 0 Å². The Balaban J connectivity index is 1.60. The molecule has 7 nitrogen and oxygen atoms in total. The van der Waals surface area contributed by atoms with Crippen molar-refractivity contribution in [2.45, 2.75) is 32.4 Å². The van der Waals surface area contributed by atoms with Crippen LogP contribution in [0.25, 0.3) is 0 Å². The van der Waals surface area contributed by atoms with Gasteiger partial charge in [-0.05, 0) is 38.0 Å². The summed E-state index contributed by atoms with van der Waals surface area (Å²) in [4.78, 5) is 25.1. The second-order valence-electron chi connectivity index (χ2n) is 5.74. The van der Waals surface area contributed by atoms with Crippen molar-refractivity contribution >= 4 is 11.9 Å². The van der Waals surface area contributed by atoms with E-state index in [2.05, 4.69) is 25.6 Å². The lowest BCUT2D eigenvalue weighted by atomic mass is 10.2. The predicted molar refractivity (Wildman–Crippen MR) is 89.6 cm³/mol. The molecule has 1 aliphatic heterocycles. The van der Waals surface area contributed by atoms with Gasteiger partial charge in [0, 0.05) is 25.0 Å². The van der Waals surface area contributed by atoms with E-state index in [0.29, 0.717) is 24.7 Å². The monoisotopic (exact) mass is 327 g/mol. The van der Waals surface area contributed by atoms with Gasteiger partial charge in [0.1, 0.15) is 5.69 Å². The number of pyridine rings is 1. The van der Waals surface area contributed by atoms with Crippen LogP contribution in [-0.2, 0) is 11.3 Å². The molecule has 0 aromatic carbocycles. The number of rotatable bonds is 6. The van der Waals surface area contributed by atoms with Crippen molar-refractivity contribution in [3.05, 3.63) is 47.5 Å². The maximum Gasteiger partial charge on any atom is 0.270 e. The summed E-state index contributed by atoms with van der Waals surface area (Å²) >= 11 is 0. The summed E-state index contributed by atoms with van der Waals surface area (Å²) in [6.07, 6.45) is 4.01. The highest BCUT2D eigenvalue weighted by atomic mass is 16.5. The Bertz CT molecular complexity index is 687. The number of hydrogen-bond donors (Lipinski definition) is 2. The predicted octanol–water partition coefficient (Wildman–Crippen LogP) is 1.70. The highest BCUT2D eigenvalue weighted by Gasteiger charge is 2.16. The van der Waals surface area contributed by atoms with Crippen LogP contribution in [0, 0.1) is 6.92 Å². The summed E-state index contributed by atoms with van der Waals surface area (Å²) in [6.45, 7) is 3.66. The molecule has 0 saturated carbocycles. The molecular formula is C17H21N5O2. The highest BCUT2D eigenvalue weighted by molar-refractivity contribution is 5.92. The summed E-state index contributed by atoms with van der Waals surface area (Å²) < 4.78 is 5.57.